The third-order valence-electron chi connectivity index (χ3n) is 11.7. The standard InChI is InChI=1S/C49H47N7O10S/c1-48(2)49(46(62)66-30-34-19-11-5-12-20-34,56-42(59)40(51-31-57)45(56)67-48)53-41(58)39(35-21-13-6-14-22-35)52-47(63)55-24-23-54(43(60)44(55)61)27-36-25-37(64-28-32-15-7-3-8-16-32)38(26-50-36)65-29-33-17-9-4-10-18-33/h3-22,25-26,31,39-40,45H,23-24,27-30H2,1-2H3,(H,51,57)(H,52,63)(H,53,58)/t39?,40-,45-,49+/m1/s1. The van der Waals surface area contributed by atoms with Crippen LogP contribution in [0.25, 0.3) is 0 Å². The molecule has 0 aliphatic carbocycles. The SMILES string of the molecule is CC1(C)S[C@@H]2[C@H](NC=O)C(=O)N2[C@@]1(NC(=O)C(NC(=O)N1CCN(Cc2cc(OCc3ccccc3)c(OCc3ccccc3)cn2)C(=O)C1=O)c1ccccc1)C(=O)OCc1ccccc1. The number of benzene rings is 4. The van der Waals surface area contributed by atoms with Crippen molar-refractivity contribution in [2.24, 2.45) is 0 Å². The van der Waals surface area contributed by atoms with Gasteiger partial charge in [0.15, 0.2) is 11.5 Å². The first-order valence-corrected chi connectivity index (χ1v) is 22.3. The van der Waals surface area contributed by atoms with E-state index in [2.05, 4.69) is 20.9 Å². The molecule has 0 saturated carbocycles. The Labute approximate surface area is 390 Å². The Morgan fingerprint density at radius 3 is 1.94 bits per heavy atom. The predicted octanol–water partition coefficient (Wildman–Crippen LogP) is 4.23. The van der Waals surface area contributed by atoms with Crippen LogP contribution in [0.4, 0.5) is 4.79 Å². The minimum atomic E-state index is -2.13. The van der Waals surface area contributed by atoms with Crippen molar-refractivity contribution >= 4 is 53.8 Å². The van der Waals surface area contributed by atoms with Gasteiger partial charge in [-0.2, -0.15) is 0 Å². The molecule has 4 atom stereocenters. The van der Waals surface area contributed by atoms with E-state index in [1.54, 1.807) is 80.6 Å². The summed E-state index contributed by atoms with van der Waals surface area (Å²) in [7, 11) is 0. The summed E-state index contributed by atoms with van der Waals surface area (Å²) in [6, 6.07) is 34.1. The molecule has 7 amide bonds. The van der Waals surface area contributed by atoms with Gasteiger partial charge in [0, 0.05) is 19.2 Å². The number of piperazine rings is 1. The number of urea groups is 1. The smallest absolute Gasteiger partial charge is 0.355 e. The summed E-state index contributed by atoms with van der Waals surface area (Å²) < 4.78 is 16.8. The van der Waals surface area contributed by atoms with Gasteiger partial charge in [-0.25, -0.2) is 9.59 Å². The first-order valence-electron chi connectivity index (χ1n) is 21.4. The number of fused-ring (bicyclic) bond motifs is 1. The number of aromatic nitrogens is 1. The summed E-state index contributed by atoms with van der Waals surface area (Å²) in [5, 5.41) is 7.12. The van der Waals surface area contributed by atoms with Crippen molar-refractivity contribution in [3.8, 4) is 11.5 Å². The maximum absolute atomic E-state index is 14.7. The Kier molecular flexibility index (Phi) is 13.5. The van der Waals surface area contributed by atoms with Gasteiger partial charge >= 0.3 is 23.8 Å². The number of carbonyl (C=O) groups excluding carboxylic acids is 7. The number of pyridine rings is 1. The van der Waals surface area contributed by atoms with Crippen molar-refractivity contribution in [3.05, 3.63) is 162 Å². The van der Waals surface area contributed by atoms with E-state index in [1.165, 1.54) is 27.8 Å². The van der Waals surface area contributed by atoms with E-state index >= 15 is 0 Å². The number of thioether (sulfide) groups is 1. The van der Waals surface area contributed by atoms with Gasteiger partial charge < -0.3 is 35.1 Å². The average Bonchev–Trinajstić information content (AvgIpc) is 3.56. The number of esters is 1. The van der Waals surface area contributed by atoms with Crippen molar-refractivity contribution in [3.63, 3.8) is 0 Å². The van der Waals surface area contributed by atoms with E-state index in [-0.39, 0.29) is 45.0 Å². The second-order valence-electron chi connectivity index (χ2n) is 16.4. The number of imide groups is 1. The van der Waals surface area contributed by atoms with Crippen LogP contribution >= 0.6 is 11.8 Å². The summed E-state index contributed by atoms with van der Waals surface area (Å²) >= 11 is 1.19. The summed E-state index contributed by atoms with van der Waals surface area (Å²) in [4.78, 5) is 103. The fourth-order valence-electron chi connectivity index (χ4n) is 8.13. The van der Waals surface area contributed by atoms with Gasteiger partial charge in [0.2, 0.25) is 18.0 Å². The molecule has 17 nitrogen and oxygen atoms in total. The Morgan fingerprint density at radius 2 is 1.34 bits per heavy atom. The average molecular weight is 926 g/mol. The minimum absolute atomic E-state index is 0.0649. The van der Waals surface area contributed by atoms with E-state index in [0.717, 1.165) is 11.1 Å². The van der Waals surface area contributed by atoms with Gasteiger partial charge in [0.05, 0.1) is 23.2 Å². The van der Waals surface area contributed by atoms with E-state index < -0.39 is 63.5 Å². The molecule has 3 aliphatic heterocycles. The lowest BCUT2D eigenvalue weighted by atomic mass is 9.87. The molecular formula is C49H47N7O10S. The number of rotatable bonds is 17. The fraction of sp³-hybridized carbons (Fsp3) is 0.265. The zero-order chi connectivity index (χ0) is 47.1. The van der Waals surface area contributed by atoms with Crippen molar-refractivity contribution < 1.29 is 47.8 Å². The highest BCUT2D eigenvalue weighted by atomic mass is 32.2. The van der Waals surface area contributed by atoms with E-state index in [4.69, 9.17) is 14.2 Å². The number of β-lactam (4-membered cyclic amide) rings is 1. The second kappa shape index (κ2) is 19.8. The van der Waals surface area contributed by atoms with E-state index in [1.807, 2.05) is 60.7 Å². The normalized spacial score (nSPS) is 19.9. The Balaban J connectivity index is 0.989. The third kappa shape index (κ3) is 9.51. The molecule has 4 aromatic carbocycles. The number of nitrogens with zero attached hydrogens (tertiary/aromatic N) is 4. The maximum Gasteiger partial charge on any atom is 0.355 e. The zero-order valence-corrected chi connectivity index (χ0v) is 37.3. The number of hydrogen-bond acceptors (Lipinski definition) is 12. The van der Waals surface area contributed by atoms with Crippen LogP contribution < -0.4 is 25.4 Å². The quantitative estimate of drug-likeness (QED) is 0.0519. The van der Waals surface area contributed by atoms with Crippen LogP contribution in [0.2, 0.25) is 0 Å². The lowest BCUT2D eigenvalue weighted by molar-refractivity contribution is -0.181. The van der Waals surface area contributed by atoms with Gasteiger partial charge in [-0.15, -0.1) is 11.8 Å². The van der Waals surface area contributed by atoms with Crippen LogP contribution in [0.15, 0.2) is 134 Å². The highest BCUT2D eigenvalue weighted by Gasteiger charge is 2.74. The maximum atomic E-state index is 14.7. The monoisotopic (exact) mass is 925 g/mol. The first kappa shape index (κ1) is 45.8. The van der Waals surface area contributed by atoms with Gasteiger partial charge in [-0.1, -0.05) is 121 Å². The molecule has 18 heteroatoms. The third-order valence-corrected chi connectivity index (χ3v) is 13.3. The lowest BCUT2D eigenvalue weighted by Gasteiger charge is -2.50. The molecule has 4 heterocycles. The van der Waals surface area contributed by atoms with Crippen molar-refractivity contribution in [1.29, 1.82) is 0 Å². The minimum Gasteiger partial charge on any atom is -0.485 e. The molecular weight excluding hydrogens is 879 g/mol. The second-order valence-corrected chi connectivity index (χ2v) is 18.1. The van der Waals surface area contributed by atoms with Gasteiger partial charge in [0.25, 0.3) is 5.91 Å². The van der Waals surface area contributed by atoms with Gasteiger partial charge in [-0.05, 0) is 36.1 Å². The molecule has 5 aromatic rings. The predicted molar refractivity (Wildman–Crippen MR) is 243 cm³/mol. The van der Waals surface area contributed by atoms with Crippen LogP contribution in [0.3, 0.4) is 0 Å². The summed E-state index contributed by atoms with van der Waals surface area (Å²) in [6.45, 7) is 3.23. The molecule has 1 unspecified atom stereocenters. The Morgan fingerprint density at radius 1 is 0.776 bits per heavy atom. The Hall–Kier alpha value is -7.73. The van der Waals surface area contributed by atoms with Gasteiger partial charge in [-0.3, -0.25) is 38.8 Å². The van der Waals surface area contributed by atoms with Crippen LogP contribution in [0.5, 0.6) is 11.5 Å². The highest BCUT2D eigenvalue weighted by Crippen LogP contribution is 2.56. The van der Waals surface area contributed by atoms with Crippen LogP contribution in [-0.2, 0) is 59.9 Å². The number of amides is 7. The van der Waals surface area contributed by atoms with Crippen molar-refractivity contribution in [2.45, 2.75) is 68.1 Å². The molecule has 3 saturated heterocycles. The van der Waals surface area contributed by atoms with E-state index in [9.17, 15) is 33.6 Å². The van der Waals surface area contributed by atoms with Gasteiger partial charge in [0.1, 0.15) is 37.3 Å². The van der Waals surface area contributed by atoms with Crippen molar-refractivity contribution in [2.75, 3.05) is 13.1 Å². The zero-order valence-electron chi connectivity index (χ0n) is 36.5. The lowest BCUT2D eigenvalue weighted by Crippen LogP contribution is -2.80. The largest absolute Gasteiger partial charge is 0.485 e. The molecule has 8 rings (SSSR count). The molecule has 0 bridgehead atoms. The van der Waals surface area contributed by atoms with E-state index in [0.29, 0.717) is 34.1 Å². The van der Waals surface area contributed by atoms with Crippen LogP contribution in [0.1, 0.15) is 47.8 Å². The summed E-state index contributed by atoms with van der Waals surface area (Å²) in [6.07, 6.45) is 1.89. The number of ether oxygens (including phenoxy) is 3. The van der Waals surface area contributed by atoms with Crippen LogP contribution in [-0.4, -0.2) is 96.6 Å². The molecule has 1 aromatic heterocycles. The highest BCUT2D eigenvalue weighted by molar-refractivity contribution is 8.01. The summed E-state index contributed by atoms with van der Waals surface area (Å²) in [5.41, 5.74) is 1.04. The molecule has 0 radical (unpaired) electrons. The summed E-state index contributed by atoms with van der Waals surface area (Å²) in [5.74, 6) is -3.87. The molecule has 3 N–H and O–H groups in total. The number of nitrogens with one attached hydrogen (secondary N) is 3. The molecule has 0 spiro atoms. The number of hydrogen-bond donors (Lipinski definition) is 3. The molecule has 3 fully saturated rings. The molecule has 344 valence electrons. The van der Waals surface area contributed by atoms with Crippen LogP contribution in [0, 0.1) is 0 Å². The first-order chi connectivity index (χ1) is 32.4. The Bertz CT molecular complexity index is 2640. The molecule has 3 aliphatic rings. The molecule has 67 heavy (non-hydrogen) atoms. The fourth-order valence-corrected chi connectivity index (χ4v) is 9.84. The number of carbonyl (C=O) groups is 7. The van der Waals surface area contributed by atoms with Crippen molar-refractivity contribution in [1.82, 2.24) is 35.6 Å². The topological polar surface area (TPSA) is 206 Å².